The molecule has 37 heavy (non-hydrogen) atoms. The molecule has 4 atom stereocenters. The maximum atomic E-state index is 15.3. The Kier molecular flexibility index (Phi) is 9.22. The first-order chi connectivity index (χ1) is 17.8. The maximum Gasteiger partial charge on any atom is 0.225 e. The summed E-state index contributed by atoms with van der Waals surface area (Å²) in [5, 5.41) is 12.4. The number of ether oxygens (including phenoxy) is 2. The molecule has 2 aromatic rings. The minimum absolute atomic E-state index is 0.0436. The van der Waals surface area contributed by atoms with Crippen molar-refractivity contribution in [3.05, 3.63) is 59.4 Å². The van der Waals surface area contributed by atoms with Crippen LogP contribution < -0.4 is 10.5 Å². The number of rotatable bonds is 10. The Labute approximate surface area is 219 Å². The predicted molar refractivity (Wildman–Crippen MR) is 142 cm³/mol. The first-order valence-corrected chi connectivity index (χ1v) is 13.6. The number of piperidine rings is 1. The average molecular weight is 513 g/mol. The van der Waals surface area contributed by atoms with E-state index < -0.39 is 11.4 Å². The van der Waals surface area contributed by atoms with Gasteiger partial charge in [-0.1, -0.05) is 24.3 Å². The van der Waals surface area contributed by atoms with E-state index in [0.717, 1.165) is 44.1 Å². The van der Waals surface area contributed by atoms with Gasteiger partial charge >= 0.3 is 0 Å². The van der Waals surface area contributed by atoms with Crippen molar-refractivity contribution < 1.29 is 23.8 Å². The van der Waals surface area contributed by atoms with E-state index in [2.05, 4.69) is 0 Å². The Morgan fingerprint density at radius 1 is 1.19 bits per heavy atom. The number of aryl methyl sites for hydroxylation is 1. The zero-order chi connectivity index (χ0) is 26.4. The molecule has 2 fully saturated rings. The molecule has 7 heteroatoms. The van der Waals surface area contributed by atoms with Crippen molar-refractivity contribution in [2.45, 2.75) is 69.9 Å². The van der Waals surface area contributed by atoms with Crippen LogP contribution in [0.25, 0.3) is 0 Å². The van der Waals surface area contributed by atoms with Gasteiger partial charge in [0.05, 0.1) is 5.60 Å². The number of halogens is 1. The molecule has 2 aliphatic rings. The third-order valence-corrected chi connectivity index (χ3v) is 8.03. The first kappa shape index (κ1) is 27.6. The van der Waals surface area contributed by atoms with Gasteiger partial charge in [-0.2, -0.15) is 0 Å². The fraction of sp³-hybridized carbons (Fsp3) is 0.567. The van der Waals surface area contributed by atoms with Crippen LogP contribution in [0.2, 0.25) is 0 Å². The van der Waals surface area contributed by atoms with Crippen molar-refractivity contribution in [1.29, 1.82) is 0 Å². The van der Waals surface area contributed by atoms with Gasteiger partial charge in [0.2, 0.25) is 5.91 Å². The Hall–Kier alpha value is -2.48. The zero-order valence-electron chi connectivity index (χ0n) is 22.1. The number of unbranched alkanes of at least 4 members (excludes halogenated alkanes) is 1. The van der Waals surface area contributed by atoms with Crippen molar-refractivity contribution in [3.63, 3.8) is 0 Å². The predicted octanol–water partition coefficient (Wildman–Crippen LogP) is 5.30. The number of amides is 1. The molecule has 1 aliphatic carbocycles. The van der Waals surface area contributed by atoms with E-state index in [1.165, 1.54) is 6.07 Å². The normalized spacial score (nSPS) is 23.6. The van der Waals surface area contributed by atoms with Crippen LogP contribution in [0.3, 0.4) is 0 Å². The van der Waals surface area contributed by atoms with E-state index in [1.807, 2.05) is 30.0 Å². The number of carbonyl (C=O) groups is 1. The molecule has 1 saturated heterocycles. The second-order valence-electron chi connectivity index (χ2n) is 10.8. The lowest BCUT2D eigenvalue weighted by molar-refractivity contribution is -0.141. The van der Waals surface area contributed by atoms with Crippen LogP contribution in [0.4, 0.5) is 4.39 Å². The Morgan fingerprint density at radius 3 is 2.73 bits per heavy atom. The fourth-order valence-electron chi connectivity index (χ4n) is 6.02. The third-order valence-electron chi connectivity index (χ3n) is 8.03. The minimum Gasteiger partial charge on any atom is -0.454 e. The third kappa shape index (κ3) is 6.51. The summed E-state index contributed by atoms with van der Waals surface area (Å²) in [6.45, 7) is 3.65. The zero-order valence-corrected chi connectivity index (χ0v) is 22.1. The Bertz CT molecular complexity index is 1060. The van der Waals surface area contributed by atoms with Crippen LogP contribution in [-0.4, -0.2) is 48.8 Å². The van der Waals surface area contributed by atoms with Gasteiger partial charge in [0.15, 0.2) is 11.6 Å². The van der Waals surface area contributed by atoms with Crippen LogP contribution >= 0.6 is 0 Å². The smallest absolute Gasteiger partial charge is 0.225 e. The number of para-hydroxylation sites is 1. The number of nitrogens with two attached hydrogens (primary N) is 1. The molecule has 0 aromatic heterocycles. The van der Waals surface area contributed by atoms with E-state index in [0.29, 0.717) is 43.9 Å². The average Bonchev–Trinajstić information content (AvgIpc) is 3.33. The molecule has 1 heterocycles. The van der Waals surface area contributed by atoms with Gasteiger partial charge < -0.3 is 25.2 Å². The van der Waals surface area contributed by atoms with Gasteiger partial charge in [0.1, 0.15) is 5.75 Å². The summed E-state index contributed by atoms with van der Waals surface area (Å²) in [5.74, 6) is -0.103. The lowest BCUT2D eigenvalue weighted by Crippen LogP contribution is -2.49. The number of carbonyl (C=O) groups excluding carboxylic acids is 1. The fourth-order valence-corrected chi connectivity index (χ4v) is 6.02. The van der Waals surface area contributed by atoms with Crippen molar-refractivity contribution in [3.8, 4) is 11.5 Å². The van der Waals surface area contributed by atoms with E-state index in [4.69, 9.17) is 15.2 Å². The first-order valence-electron chi connectivity index (χ1n) is 13.6. The Morgan fingerprint density at radius 2 is 2.00 bits per heavy atom. The summed E-state index contributed by atoms with van der Waals surface area (Å²) in [6.07, 6.45) is 5.85. The number of hydrogen-bond acceptors (Lipinski definition) is 5. The molecule has 4 rings (SSSR count). The number of likely N-dealkylation sites (tertiary alicyclic amines) is 1. The second-order valence-corrected chi connectivity index (χ2v) is 10.8. The summed E-state index contributed by atoms with van der Waals surface area (Å²) in [5.41, 5.74) is 6.15. The highest BCUT2D eigenvalue weighted by Gasteiger charge is 2.44. The highest BCUT2D eigenvalue weighted by Crippen LogP contribution is 2.45. The molecule has 1 unspecified atom stereocenters. The van der Waals surface area contributed by atoms with Crippen molar-refractivity contribution in [2.75, 3.05) is 26.8 Å². The summed E-state index contributed by atoms with van der Waals surface area (Å²) in [4.78, 5) is 15.2. The lowest BCUT2D eigenvalue weighted by atomic mass is 9.73. The highest BCUT2D eigenvalue weighted by atomic mass is 19.1. The highest BCUT2D eigenvalue weighted by molar-refractivity contribution is 5.79. The van der Waals surface area contributed by atoms with Crippen molar-refractivity contribution in [1.82, 2.24) is 4.90 Å². The van der Waals surface area contributed by atoms with E-state index in [1.54, 1.807) is 25.3 Å². The molecule has 1 saturated carbocycles. The topological polar surface area (TPSA) is 85.0 Å². The van der Waals surface area contributed by atoms with Crippen LogP contribution in [-0.2, 0) is 15.1 Å². The van der Waals surface area contributed by atoms with E-state index in [9.17, 15) is 9.90 Å². The SMILES string of the molecule is COCCCCC(O)(c1cccc(F)c1Oc1cccc(C)c1)[C@@H]1CCCN(C(=O)[C@@H]2CC[C@H](N)C2)C1. The van der Waals surface area contributed by atoms with E-state index >= 15 is 4.39 Å². The summed E-state index contributed by atoms with van der Waals surface area (Å²) < 4.78 is 26.6. The summed E-state index contributed by atoms with van der Waals surface area (Å²) in [6, 6.07) is 12.3. The largest absolute Gasteiger partial charge is 0.454 e. The van der Waals surface area contributed by atoms with Crippen LogP contribution in [0.15, 0.2) is 42.5 Å². The number of nitrogens with zero attached hydrogens (tertiary/aromatic N) is 1. The number of hydrogen-bond donors (Lipinski definition) is 2. The molecule has 202 valence electrons. The van der Waals surface area contributed by atoms with Crippen molar-refractivity contribution in [2.24, 2.45) is 17.6 Å². The minimum atomic E-state index is -1.36. The molecule has 1 aliphatic heterocycles. The Balaban J connectivity index is 1.65. The number of aliphatic hydroxyl groups is 1. The number of benzene rings is 2. The van der Waals surface area contributed by atoms with Gasteiger partial charge in [0, 0.05) is 50.2 Å². The molecule has 1 amide bonds. The van der Waals surface area contributed by atoms with Gasteiger partial charge in [0.25, 0.3) is 0 Å². The molecule has 3 N–H and O–H groups in total. The molecule has 6 nitrogen and oxygen atoms in total. The van der Waals surface area contributed by atoms with Gasteiger partial charge in [-0.25, -0.2) is 4.39 Å². The second kappa shape index (κ2) is 12.4. The molecule has 0 bridgehead atoms. The standard InChI is InChI=1S/C30H41FN2O4/c1-21-8-5-10-25(18-21)37-28-26(11-6-12-27(28)31)30(35,15-3-4-17-36-2)23-9-7-16-33(20-23)29(34)22-13-14-24(32)19-22/h5-6,8,10-12,18,22-24,35H,3-4,7,9,13-17,19-20,32H2,1-2H3/t22-,23-,24+,30?/m1/s1. The van der Waals surface area contributed by atoms with Crippen LogP contribution in [0.5, 0.6) is 11.5 Å². The van der Waals surface area contributed by atoms with E-state index in [-0.39, 0.29) is 29.5 Å². The van der Waals surface area contributed by atoms with Gasteiger partial charge in [-0.15, -0.1) is 0 Å². The molecular weight excluding hydrogens is 471 g/mol. The van der Waals surface area contributed by atoms with Crippen LogP contribution in [0, 0.1) is 24.6 Å². The molecule has 2 aromatic carbocycles. The molecule has 0 radical (unpaired) electrons. The molecule has 0 spiro atoms. The quantitative estimate of drug-likeness (QED) is 0.422. The summed E-state index contributed by atoms with van der Waals surface area (Å²) >= 11 is 0. The lowest BCUT2D eigenvalue weighted by Gasteiger charge is -2.44. The molecular formula is C30H41FN2O4. The number of methoxy groups -OCH3 is 1. The summed E-state index contributed by atoms with van der Waals surface area (Å²) in [7, 11) is 1.66. The monoisotopic (exact) mass is 512 g/mol. The van der Waals surface area contributed by atoms with Crippen molar-refractivity contribution >= 4 is 5.91 Å². The van der Waals surface area contributed by atoms with Gasteiger partial charge in [-0.05, 0) is 82.1 Å². The maximum absolute atomic E-state index is 15.3. The van der Waals surface area contributed by atoms with Gasteiger partial charge in [-0.3, -0.25) is 4.79 Å². The van der Waals surface area contributed by atoms with Crippen LogP contribution in [0.1, 0.15) is 62.5 Å².